The zero-order valence-corrected chi connectivity index (χ0v) is 6.01. The number of rotatable bonds is 0. The SMILES string of the molecule is O=P([O-])([O-])[O-].[Al+3].[Ni]. The molecule has 7 heavy (non-hydrogen) atoms. The van der Waals surface area contributed by atoms with Gasteiger partial charge in [0.1, 0.15) is 0 Å². The van der Waals surface area contributed by atoms with Crippen LogP contribution in [0.1, 0.15) is 0 Å². The summed E-state index contributed by atoms with van der Waals surface area (Å²) in [5, 5.41) is 0. The molecular formula is AlNiO4P. The Labute approximate surface area is 61.2 Å². The van der Waals surface area contributed by atoms with Crippen LogP contribution in [0.4, 0.5) is 0 Å². The second-order valence-electron chi connectivity index (χ2n) is 0.447. The summed E-state index contributed by atoms with van der Waals surface area (Å²) in [6, 6.07) is 0. The van der Waals surface area contributed by atoms with Crippen LogP contribution in [-0.2, 0) is 21.1 Å². The summed E-state index contributed by atoms with van der Waals surface area (Å²) in [5.74, 6) is 0. The first kappa shape index (κ1) is 15.7. The molecular weight excluding hydrogens is 181 g/mol. The zero-order valence-electron chi connectivity index (χ0n) is 2.97. The van der Waals surface area contributed by atoms with Crippen LogP contribution in [0, 0.1) is 0 Å². The fraction of sp³-hybridized carbons (Fsp3) is 0. The van der Waals surface area contributed by atoms with Gasteiger partial charge in [-0.3, -0.25) is 0 Å². The van der Waals surface area contributed by atoms with E-state index in [-0.39, 0.29) is 33.9 Å². The van der Waals surface area contributed by atoms with Crippen molar-refractivity contribution in [3.05, 3.63) is 0 Å². The van der Waals surface area contributed by atoms with E-state index in [1.54, 1.807) is 0 Å². The molecule has 0 atom stereocenters. The fourth-order valence-corrected chi connectivity index (χ4v) is 0. The minimum atomic E-state index is -5.39. The second kappa shape index (κ2) is 5.28. The summed E-state index contributed by atoms with van der Waals surface area (Å²) in [7, 11) is -5.39. The van der Waals surface area contributed by atoms with Gasteiger partial charge in [-0.05, 0) is 0 Å². The molecule has 0 amide bonds. The molecule has 0 saturated heterocycles. The van der Waals surface area contributed by atoms with Gasteiger partial charge in [0.05, 0.1) is 0 Å². The van der Waals surface area contributed by atoms with Gasteiger partial charge in [0.2, 0.25) is 0 Å². The molecule has 0 aromatic heterocycles. The van der Waals surface area contributed by atoms with Crippen LogP contribution >= 0.6 is 7.82 Å². The van der Waals surface area contributed by atoms with E-state index >= 15 is 0 Å². The number of hydrogen-bond acceptors (Lipinski definition) is 4. The predicted molar refractivity (Wildman–Crippen MR) is 13.4 cm³/mol. The van der Waals surface area contributed by atoms with Crippen molar-refractivity contribution in [1.82, 2.24) is 0 Å². The van der Waals surface area contributed by atoms with E-state index in [0.29, 0.717) is 0 Å². The van der Waals surface area contributed by atoms with Crippen LogP contribution in [0.3, 0.4) is 0 Å². The number of phosphoric acid groups is 1. The normalized spacial score (nSPS) is 8.43. The van der Waals surface area contributed by atoms with Crippen LogP contribution in [0.15, 0.2) is 0 Å². The third-order valence-electron chi connectivity index (χ3n) is 0. The topological polar surface area (TPSA) is 86.2 Å². The van der Waals surface area contributed by atoms with Crippen molar-refractivity contribution in [2.24, 2.45) is 0 Å². The maximum Gasteiger partial charge on any atom is 3.00 e. The van der Waals surface area contributed by atoms with Crippen LogP contribution in [-0.4, -0.2) is 17.4 Å². The first-order chi connectivity index (χ1) is 2.00. The van der Waals surface area contributed by atoms with Gasteiger partial charge < -0.3 is 19.2 Å². The molecule has 42 valence electrons. The van der Waals surface area contributed by atoms with Crippen molar-refractivity contribution in [2.75, 3.05) is 0 Å². The van der Waals surface area contributed by atoms with Gasteiger partial charge in [-0.2, -0.15) is 7.82 Å². The summed E-state index contributed by atoms with van der Waals surface area (Å²) >= 11 is 0. The van der Waals surface area contributed by atoms with E-state index in [4.69, 9.17) is 19.2 Å². The molecule has 0 saturated carbocycles. The van der Waals surface area contributed by atoms with Gasteiger partial charge in [0.25, 0.3) is 0 Å². The first-order valence-corrected chi connectivity index (χ1v) is 2.19. The molecule has 0 heterocycles. The zero-order chi connectivity index (χ0) is 4.50. The molecule has 0 aliphatic heterocycles. The molecule has 0 fully saturated rings. The average molecular weight is 181 g/mol. The molecule has 0 N–H and O–H groups in total. The van der Waals surface area contributed by atoms with E-state index in [9.17, 15) is 0 Å². The van der Waals surface area contributed by atoms with Crippen LogP contribution in [0.25, 0.3) is 0 Å². The maximum atomic E-state index is 8.55. The second-order valence-corrected chi connectivity index (χ2v) is 1.34. The molecule has 0 spiro atoms. The minimum Gasteiger partial charge on any atom is -0.822 e. The quantitative estimate of drug-likeness (QED) is 0.290. The molecule has 4 nitrogen and oxygen atoms in total. The molecule has 0 radical (unpaired) electrons. The van der Waals surface area contributed by atoms with Crippen molar-refractivity contribution in [2.45, 2.75) is 0 Å². The monoisotopic (exact) mass is 180 g/mol. The van der Waals surface area contributed by atoms with Crippen LogP contribution < -0.4 is 14.7 Å². The smallest absolute Gasteiger partial charge is 0.822 e. The summed E-state index contributed by atoms with van der Waals surface area (Å²) in [5.41, 5.74) is 0. The Hall–Kier alpha value is 1.14. The molecule has 0 unspecified atom stereocenters. The van der Waals surface area contributed by atoms with Crippen LogP contribution in [0.5, 0.6) is 0 Å². The van der Waals surface area contributed by atoms with Crippen molar-refractivity contribution in [1.29, 1.82) is 0 Å². The molecule has 0 rings (SSSR count). The Bertz CT molecular complexity index is 57.8. The van der Waals surface area contributed by atoms with Crippen molar-refractivity contribution >= 4 is 25.2 Å². The van der Waals surface area contributed by atoms with Gasteiger partial charge in [-0.15, -0.1) is 0 Å². The molecule has 0 bridgehead atoms. The Kier molecular flexibility index (Phi) is 11.8. The van der Waals surface area contributed by atoms with Gasteiger partial charge in [0, 0.05) is 16.5 Å². The predicted octanol–water partition coefficient (Wildman–Crippen LogP) is -3.21. The largest absolute Gasteiger partial charge is 3.00 e. The maximum absolute atomic E-state index is 8.55. The standard InChI is InChI=1S/Al.Ni.H3O4P/c;;1-5(2,3)4/h;;(H3,1,2,3,4)/q+3;;/p-3. The first-order valence-electron chi connectivity index (χ1n) is 0.730. The molecule has 0 aromatic rings. The number of hydrogen-bond donors (Lipinski definition) is 0. The molecule has 0 aliphatic carbocycles. The Morgan fingerprint density at radius 3 is 1.14 bits per heavy atom. The minimum absolute atomic E-state index is 0. The Morgan fingerprint density at radius 2 is 1.14 bits per heavy atom. The van der Waals surface area contributed by atoms with E-state index in [2.05, 4.69) is 0 Å². The van der Waals surface area contributed by atoms with Gasteiger partial charge in [-0.25, -0.2) is 0 Å². The van der Waals surface area contributed by atoms with Crippen molar-refractivity contribution in [3.63, 3.8) is 0 Å². The van der Waals surface area contributed by atoms with E-state index in [0.717, 1.165) is 0 Å². The van der Waals surface area contributed by atoms with Gasteiger partial charge >= 0.3 is 17.4 Å². The van der Waals surface area contributed by atoms with Crippen LogP contribution in [0.2, 0.25) is 0 Å². The van der Waals surface area contributed by atoms with E-state index in [1.807, 2.05) is 0 Å². The molecule has 7 heteroatoms. The summed E-state index contributed by atoms with van der Waals surface area (Å²) in [6.07, 6.45) is 0. The summed E-state index contributed by atoms with van der Waals surface area (Å²) in [6.45, 7) is 0. The summed E-state index contributed by atoms with van der Waals surface area (Å²) in [4.78, 5) is 25.6. The third-order valence-corrected chi connectivity index (χ3v) is 0. The van der Waals surface area contributed by atoms with Crippen molar-refractivity contribution in [3.8, 4) is 0 Å². The Balaban J connectivity index is -0.0000000800. The van der Waals surface area contributed by atoms with Gasteiger partial charge in [0.15, 0.2) is 0 Å². The Morgan fingerprint density at radius 1 is 1.14 bits per heavy atom. The van der Waals surface area contributed by atoms with E-state index < -0.39 is 7.82 Å². The molecule has 0 aromatic carbocycles. The summed E-state index contributed by atoms with van der Waals surface area (Å²) < 4.78 is 8.55. The average Bonchev–Trinajstić information content (AvgIpc) is 0.722. The van der Waals surface area contributed by atoms with Gasteiger partial charge in [-0.1, -0.05) is 0 Å². The molecule has 0 aliphatic rings. The third kappa shape index (κ3) is 146. The van der Waals surface area contributed by atoms with E-state index in [1.165, 1.54) is 0 Å². The fourth-order valence-electron chi connectivity index (χ4n) is 0. The van der Waals surface area contributed by atoms with Crippen molar-refractivity contribution < 1.29 is 35.7 Å².